The number of nitrogens with one attached hydrogen (secondary N) is 1. The molecule has 3 rings (SSSR count). The van der Waals surface area contributed by atoms with Gasteiger partial charge in [0.15, 0.2) is 0 Å². The van der Waals surface area contributed by atoms with Crippen LogP contribution in [0, 0.1) is 0 Å². The summed E-state index contributed by atoms with van der Waals surface area (Å²) < 4.78 is 0.740. The van der Waals surface area contributed by atoms with E-state index in [-0.39, 0.29) is 5.91 Å². The van der Waals surface area contributed by atoms with Crippen molar-refractivity contribution in [2.24, 2.45) is 0 Å². The smallest absolute Gasteiger partial charge is 0.256 e. The minimum atomic E-state index is -0.211. The molecule has 1 aliphatic rings. The second-order valence-electron chi connectivity index (χ2n) is 6.36. The maximum absolute atomic E-state index is 12.6. The number of amides is 1. The molecule has 1 saturated heterocycles. The zero-order valence-electron chi connectivity index (χ0n) is 14.1. The summed E-state index contributed by atoms with van der Waals surface area (Å²) in [4.78, 5) is 14.9. The summed E-state index contributed by atoms with van der Waals surface area (Å²) in [6.45, 7) is 3.16. The van der Waals surface area contributed by atoms with Crippen LogP contribution in [-0.4, -0.2) is 18.5 Å². The lowest BCUT2D eigenvalue weighted by Crippen LogP contribution is -2.37. The van der Waals surface area contributed by atoms with E-state index in [0.717, 1.165) is 29.5 Å². The number of piperidine rings is 1. The lowest BCUT2D eigenvalue weighted by molar-refractivity contribution is 0.102. The first-order chi connectivity index (χ1) is 12.0. The Morgan fingerprint density at radius 1 is 1.32 bits per heavy atom. The number of nitrogens with two attached hydrogens (primary N) is 1. The van der Waals surface area contributed by atoms with Crippen LogP contribution in [0.15, 0.2) is 40.9 Å². The molecule has 0 spiro atoms. The molecule has 1 unspecified atom stereocenters. The van der Waals surface area contributed by atoms with E-state index in [1.54, 1.807) is 12.1 Å². The molecule has 2 aromatic carbocycles. The molecule has 4 nitrogen and oxygen atoms in total. The first-order valence-corrected chi connectivity index (χ1v) is 9.56. The van der Waals surface area contributed by atoms with E-state index in [9.17, 15) is 4.79 Å². The number of hydrogen-bond acceptors (Lipinski definition) is 3. The molecule has 0 bridgehead atoms. The third-order valence-electron chi connectivity index (χ3n) is 4.60. The Morgan fingerprint density at radius 3 is 2.80 bits per heavy atom. The quantitative estimate of drug-likeness (QED) is 0.658. The molecule has 132 valence electrons. The zero-order valence-corrected chi connectivity index (χ0v) is 16.4. The normalized spacial score (nSPS) is 17.4. The van der Waals surface area contributed by atoms with Gasteiger partial charge < -0.3 is 16.0 Å². The average Bonchev–Trinajstić information content (AvgIpc) is 2.58. The SMILES string of the molecule is CC1CCCCN1c1cc(NC(=O)c2ccccc2Br)c(Cl)cc1N. The van der Waals surface area contributed by atoms with E-state index in [0.29, 0.717) is 28.0 Å². The van der Waals surface area contributed by atoms with Crippen LogP contribution >= 0.6 is 27.5 Å². The molecule has 0 saturated carbocycles. The molecule has 0 aromatic heterocycles. The summed E-state index contributed by atoms with van der Waals surface area (Å²) in [6, 6.07) is 11.3. The predicted octanol–water partition coefficient (Wildman–Crippen LogP) is 5.32. The van der Waals surface area contributed by atoms with Crippen molar-refractivity contribution in [2.75, 3.05) is 22.5 Å². The second kappa shape index (κ2) is 7.67. The maximum Gasteiger partial charge on any atom is 0.256 e. The van der Waals surface area contributed by atoms with E-state index in [4.69, 9.17) is 17.3 Å². The van der Waals surface area contributed by atoms with Crippen LogP contribution in [0.25, 0.3) is 0 Å². The van der Waals surface area contributed by atoms with Gasteiger partial charge in [-0.1, -0.05) is 23.7 Å². The van der Waals surface area contributed by atoms with Crippen LogP contribution in [0.4, 0.5) is 17.1 Å². The van der Waals surface area contributed by atoms with Gasteiger partial charge in [-0.25, -0.2) is 0 Å². The Kier molecular flexibility index (Phi) is 5.54. The van der Waals surface area contributed by atoms with Gasteiger partial charge >= 0.3 is 0 Å². The Balaban J connectivity index is 1.90. The summed E-state index contributed by atoms with van der Waals surface area (Å²) in [5, 5.41) is 3.34. The number of carbonyl (C=O) groups is 1. The van der Waals surface area contributed by atoms with Gasteiger partial charge in [-0.15, -0.1) is 0 Å². The van der Waals surface area contributed by atoms with E-state index in [1.807, 2.05) is 24.3 Å². The fraction of sp³-hybridized carbons (Fsp3) is 0.316. The fourth-order valence-electron chi connectivity index (χ4n) is 3.21. The molecule has 1 heterocycles. The molecule has 1 fully saturated rings. The first-order valence-electron chi connectivity index (χ1n) is 8.39. The molecular formula is C19H21BrClN3O. The summed E-state index contributed by atoms with van der Waals surface area (Å²) >= 11 is 9.73. The Hall–Kier alpha value is -1.72. The summed E-state index contributed by atoms with van der Waals surface area (Å²) in [5.74, 6) is -0.211. The van der Waals surface area contributed by atoms with Crippen LogP contribution in [0.3, 0.4) is 0 Å². The van der Waals surface area contributed by atoms with Gasteiger partial charge in [-0.05, 0) is 66.4 Å². The van der Waals surface area contributed by atoms with Crippen molar-refractivity contribution in [3.8, 4) is 0 Å². The lowest BCUT2D eigenvalue weighted by Gasteiger charge is -2.36. The summed E-state index contributed by atoms with van der Waals surface area (Å²) in [5.41, 5.74) is 8.90. The molecule has 25 heavy (non-hydrogen) atoms. The highest BCUT2D eigenvalue weighted by atomic mass is 79.9. The lowest BCUT2D eigenvalue weighted by atomic mass is 10.0. The Bertz CT molecular complexity index is 796. The van der Waals surface area contributed by atoms with Gasteiger partial charge in [-0.3, -0.25) is 4.79 Å². The molecule has 3 N–H and O–H groups in total. The van der Waals surface area contributed by atoms with Crippen molar-refractivity contribution in [2.45, 2.75) is 32.2 Å². The van der Waals surface area contributed by atoms with Crippen LogP contribution in [0.1, 0.15) is 36.5 Å². The molecule has 2 aromatic rings. The highest BCUT2D eigenvalue weighted by Gasteiger charge is 2.22. The fourth-order valence-corrected chi connectivity index (χ4v) is 3.90. The average molecular weight is 423 g/mol. The molecule has 6 heteroatoms. The first kappa shape index (κ1) is 18.1. The predicted molar refractivity (Wildman–Crippen MR) is 109 cm³/mol. The van der Waals surface area contributed by atoms with E-state index in [2.05, 4.69) is 33.1 Å². The van der Waals surface area contributed by atoms with Gasteiger partial charge in [0, 0.05) is 17.1 Å². The van der Waals surface area contributed by atoms with E-state index in [1.165, 1.54) is 6.42 Å². The van der Waals surface area contributed by atoms with Gasteiger partial charge in [0.2, 0.25) is 0 Å². The van der Waals surface area contributed by atoms with Gasteiger partial charge in [0.05, 0.1) is 27.6 Å². The van der Waals surface area contributed by atoms with Crippen molar-refractivity contribution in [3.05, 3.63) is 51.5 Å². The number of halogens is 2. The van der Waals surface area contributed by atoms with Gasteiger partial charge in [0.25, 0.3) is 5.91 Å². The summed E-state index contributed by atoms with van der Waals surface area (Å²) in [7, 11) is 0. The highest BCUT2D eigenvalue weighted by molar-refractivity contribution is 9.10. The van der Waals surface area contributed by atoms with Crippen LogP contribution in [0.5, 0.6) is 0 Å². The third kappa shape index (κ3) is 3.93. The Morgan fingerprint density at radius 2 is 2.08 bits per heavy atom. The largest absolute Gasteiger partial charge is 0.397 e. The van der Waals surface area contributed by atoms with Crippen LogP contribution in [-0.2, 0) is 0 Å². The van der Waals surface area contributed by atoms with Crippen molar-refractivity contribution in [1.29, 1.82) is 0 Å². The van der Waals surface area contributed by atoms with Crippen LogP contribution in [0.2, 0.25) is 5.02 Å². The molecule has 0 aliphatic carbocycles. The molecule has 1 atom stereocenters. The van der Waals surface area contributed by atoms with Gasteiger partial charge in [0.1, 0.15) is 0 Å². The number of hydrogen-bond donors (Lipinski definition) is 2. The molecular weight excluding hydrogens is 402 g/mol. The second-order valence-corrected chi connectivity index (χ2v) is 7.62. The van der Waals surface area contributed by atoms with E-state index < -0.39 is 0 Å². The van der Waals surface area contributed by atoms with Crippen molar-refractivity contribution >= 4 is 50.5 Å². The number of benzene rings is 2. The number of carbonyl (C=O) groups excluding carboxylic acids is 1. The third-order valence-corrected chi connectivity index (χ3v) is 5.60. The molecule has 1 amide bonds. The monoisotopic (exact) mass is 421 g/mol. The van der Waals surface area contributed by atoms with Crippen molar-refractivity contribution in [1.82, 2.24) is 0 Å². The van der Waals surface area contributed by atoms with Crippen LogP contribution < -0.4 is 16.0 Å². The molecule has 1 aliphatic heterocycles. The number of nitrogen functional groups attached to an aromatic ring is 1. The van der Waals surface area contributed by atoms with Crippen molar-refractivity contribution < 1.29 is 4.79 Å². The van der Waals surface area contributed by atoms with Crippen molar-refractivity contribution in [3.63, 3.8) is 0 Å². The summed E-state index contributed by atoms with van der Waals surface area (Å²) in [6.07, 6.45) is 3.52. The zero-order chi connectivity index (χ0) is 18.0. The molecule has 0 radical (unpaired) electrons. The number of rotatable bonds is 3. The minimum Gasteiger partial charge on any atom is -0.397 e. The maximum atomic E-state index is 12.6. The minimum absolute atomic E-state index is 0.211. The number of nitrogens with zero attached hydrogens (tertiary/aromatic N) is 1. The van der Waals surface area contributed by atoms with E-state index >= 15 is 0 Å². The highest BCUT2D eigenvalue weighted by Crippen LogP contribution is 2.36. The topological polar surface area (TPSA) is 58.4 Å². The Labute approximate surface area is 161 Å². The number of anilines is 3. The standard InChI is InChI=1S/C19H21BrClN3O/c1-12-6-4-5-9-24(12)18-11-17(15(21)10-16(18)22)23-19(25)13-7-2-3-8-14(13)20/h2-3,7-8,10-12H,4-6,9,22H2,1H3,(H,23,25). The van der Waals surface area contributed by atoms with Gasteiger partial charge in [-0.2, -0.15) is 0 Å².